The first-order valence-corrected chi connectivity index (χ1v) is 6.36. The summed E-state index contributed by atoms with van der Waals surface area (Å²) in [4.78, 5) is 2.50. The quantitative estimate of drug-likeness (QED) is 0.863. The molecule has 1 heterocycles. The molecule has 3 heteroatoms. The summed E-state index contributed by atoms with van der Waals surface area (Å²) in [6, 6.07) is 6.41. The number of methoxy groups -OCH3 is 1. The Morgan fingerprint density at radius 1 is 1.29 bits per heavy atom. The Kier molecular flexibility index (Phi) is 4.40. The van der Waals surface area contributed by atoms with Crippen LogP contribution in [0.3, 0.4) is 0 Å². The normalized spacial score (nSPS) is 17.8. The van der Waals surface area contributed by atoms with E-state index in [9.17, 15) is 0 Å². The van der Waals surface area contributed by atoms with Gasteiger partial charge in [0.25, 0.3) is 0 Å². The van der Waals surface area contributed by atoms with Gasteiger partial charge >= 0.3 is 0 Å². The monoisotopic (exact) mass is 234 g/mol. The highest BCUT2D eigenvalue weighted by molar-refractivity contribution is 5.36. The predicted octanol–water partition coefficient (Wildman–Crippen LogP) is 1.80. The number of ether oxygens (including phenoxy) is 1. The van der Waals surface area contributed by atoms with Gasteiger partial charge in [0.15, 0.2) is 0 Å². The number of hydrogen-bond acceptors (Lipinski definition) is 3. The molecule has 0 saturated carbocycles. The van der Waals surface area contributed by atoms with Gasteiger partial charge in [-0.05, 0) is 32.5 Å². The molecule has 1 aromatic carbocycles. The van der Waals surface area contributed by atoms with E-state index in [-0.39, 0.29) is 0 Å². The van der Waals surface area contributed by atoms with Gasteiger partial charge in [-0.2, -0.15) is 0 Å². The molecule has 94 valence electrons. The lowest BCUT2D eigenvalue weighted by Crippen LogP contribution is -2.27. The molecule has 0 aliphatic carbocycles. The van der Waals surface area contributed by atoms with E-state index >= 15 is 0 Å². The first kappa shape index (κ1) is 12.4. The van der Waals surface area contributed by atoms with Gasteiger partial charge in [-0.3, -0.25) is 4.90 Å². The minimum Gasteiger partial charge on any atom is -0.496 e. The minimum atomic E-state index is 0.993. The molecule has 0 amide bonds. The van der Waals surface area contributed by atoms with Crippen molar-refractivity contribution in [2.75, 3.05) is 33.3 Å². The molecular formula is C14H22N2O. The number of rotatable bonds is 3. The predicted molar refractivity (Wildman–Crippen MR) is 70.5 cm³/mol. The van der Waals surface area contributed by atoms with Gasteiger partial charge in [0, 0.05) is 25.2 Å². The summed E-state index contributed by atoms with van der Waals surface area (Å²) in [6.45, 7) is 7.65. The number of hydrogen-bond donors (Lipinski definition) is 1. The number of nitrogens with zero attached hydrogens (tertiary/aromatic N) is 1. The standard InChI is InChI=1S/C14H22N2O/c1-12-4-5-14(17-2)13(10-12)11-16-8-3-6-15-7-9-16/h4-5,10,15H,3,6-9,11H2,1-2H3. The maximum absolute atomic E-state index is 5.43. The first-order chi connectivity index (χ1) is 8.29. The lowest BCUT2D eigenvalue weighted by Gasteiger charge is -2.21. The first-order valence-electron chi connectivity index (χ1n) is 6.36. The van der Waals surface area contributed by atoms with Crippen LogP contribution in [0.25, 0.3) is 0 Å². The van der Waals surface area contributed by atoms with E-state index in [1.165, 1.54) is 24.1 Å². The second-order valence-electron chi connectivity index (χ2n) is 4.70. The molecule has 1 N–H and O–H groups in total. The molecule has 1 aliphatic heterocycles. The fourth-order valence-electron chi connectivity index (χ4n) is 2.33. The second kappa shape index (κ2) is 6.03. The molecule has 0 spiro atoms. The third-order valence-electron chi connectivity index (χ3n) is 3.26. The van der Waals surface area contributed by atoms with Crippen LogP contribution in [0.1, 0.15) is 17.5 Å². The van der Waals surface area contributed by atoms with Gasteiger partial charge in [0.1, 0.15) is 5.75 Å². The Labute approximate surface area is 104 Å². The molecule has 1 fully saturated rings. The molecule has 17 heavy (non-hydrogen) atoms. The van der Waals surface area contributed by atoms with E-state index in [1.54, 1.807) is 7.11 Å². The summed E-state index contributed by atoms with van der Waals surface area (Å²) in [5, 5.41) is 3.43. The van der Waals surface area contributed by atoms with Crippen molar-refractivity contribution in [2.24, 2.45) is 0 Å². The summed E-state index contributed by atoms with van der Waals surface area (Å²) >= 11 is 0. The van der Waals surface area contributed by atoms with Crippen LogP contribution in [0.4, 0.5) is 0 Å². The molecular weight excluding hydrogens is 212 g/mol. The van der Waals surface area contributed by atoms with Gasteiger partial charge in [-0.15, -0.1) is 0 Å². The van der Waals surface area contributed by atoms with Crippen LogP contribution in [0.15, 0.2) is 18.2 Å². The average Bonchev–Trinajstić information content (AvgIpc) is 2.58. The third-order valence-corrected chi connectivity index (χ3v) is 3.26. The average molecular weight is 234 g/mol. The van der Waals surface area contributed by atoms with Crippen LogP contribution in [0, 0.1) is 6.92 Å². The van der Waals surface area contributed by atoms with Crippen LogP contribution < -0.4 is 10.1 Å². The van der Waals surface area contributed by atoms with Gasteiger partial charge in [0.05, 0.1) is 7.11 Å². The van der Waals surface area contributed by atoms with E-state index in [0.29, 0.717) is 0 Å². The largest absolute Gasteiger partial charge is 0.496 e. The van der Waals surface area contributed by atoms with E-state index in [1.807, 2.05) is 0 Å². The molecule has 1 aromatic rings. The molecule has 0 radical (unpaired) electrons. The second-order valence-corrected chi connectivity index (χ2v) is 4.70. The van der Waals surface area contributed by atoms with E-state index in [0.717, 1.165) is 31.9 Å². The number of aryl methyl sites for hydroxylation is 1. The third kappa shape index (κ3) is 3.45. The zero-order valence-corrected chi connectivity index (χ0v) is 10.8. The summed E-state index contributed by atoms with van der Waals surface area (Å²) in [5.74, 6) is 1.01. The van der Waals surface area contributed by atoms with Crippen LogP contribution in [-0.2, 0) is 6.54 Å². The van der Waals surface area contributed by atoms with Crippen molar-refractivity contribution in [3.63, 3.8) is 0 Å². The zero-order chi connectivity index (χ0) is 12.1. The highest BCUT2D eigenvalue weighted by atomic mass is 16.5. The molecule has 0 bridgehead atoms. The fraction of sp³-hybridized carbons (Fsp3) is 0.571. The minimum absolute atomic E-state index is 0.993. The highest BCUT2D eigenvalue weighted by Crippen LogP contribution is 2.21. The number of benzene rings is 1. The lowest BCUT2D eigenvalue weighted by molar-refractivity contribution is 0.278. The SMILES string of the molecule is COc1ccc(C)cc1CN1CCCNCC1. The molecule has 1 saturated heterocycles. The van der Waals surface area contributed by atoms with Gasteiger partial charge in [-0.25, -0.2) is 0 Å². The summed E-state index contributed by atoms with van der Waals surface area (Å²) in [6.07, 6.45) is 1.23. The van der Waals surface area contributed by atoms with Crippen molar-refractivity contribution in [3.8, 4) is 5.75 Å². The molecule has 0 atom stereocenters. The Balaban J connectivity index is 2.07. The van der Waals surface area contributed by atoms with Crippen molar-refractivity contribution in [2.45, 2.75) is 19.9 Å². The van der Waals surface area contributed by atoms with Crippen molar-refractivity contribution in [3.05, 3.63) is 29.3 Å². The molecule has 3 nitrogen and oxygen atoms in total. The van der Waals surface area contributed by atoms with Gasteiger partial charge in [0.2, 0.25) is 0 Å². The van der Waals surface area contributed by atoms with Crippen molar-refractivity contribution < 1.29 is 4.74 Å². The van der Waals surface area contributed by atoms with Gasteiger partial charge in [-0.1, -0.05) is 17.7 Å². The van der Waals surface area contributed by atoms with Crippen LogP contribution in [-0.4, -0.2) is 38.2 Å². The Morgan fingerprint density at radius 3 is 3.00 bits per heavy atom. The van der Waals surface area contributed by atoms with Crippen molar-refractivity contribution in [1.29, 1.82) is 0 Å². The Bertz CT molecular complexity index is 357. The van der Waals surface area contributed by atoms with Crippen LogP contribution in [0.5, 0.6) is 5.75 Å². The van der Waals surface area contributed by atoms with E-state index < -0.39 is 0 Å². The molecule has 0 aromatic heterocycles. The topological polar surface area (TPSA) is 24.5 Å². The maximum atomic E-state index is 5.43. The maximum Gasteiger partial charge on any atom is 0.123 e. The summed E-state index contributed by atoms with van der Waals surface area (Å²) in [7, 11) is 1.75. The molecule has 1 aliphatic rings. The van der Waals surface area contributed by atoms with Crippen molar-refractivity contribution in [1.82, 2.24) is 10.2 Å². The zero-order valence-electron chi connectivity index (χ0n) is 10.8. The lowest BCUT2D eigenvalue weighted by atomic mass is 10.1. The van der Waals surface area contributed by atoms with Crippen LogP contribution >= 0.6 is 0 Å². The summed E-state index contributed by atoms with van der Waals surface area (Å²) < 4.78 is 5.43. The Morgan fingerprint density at radius 2 is 2.18 bits per heavy atom. The fourth-order valence-corrected chi connectivity index (χ4v) is 2.33. The van der Waals surface area contributed by atoms with Crippen LogP contribution in [0.2, 0.25) is 0 Å². The van der Waals surface area contributed by atoms with E-state index in [4.69, 9.17) is 4.74 Å². The smallest absolute Gasteiger partial charge is 0.123 e. The number of nitrogens with one attached hydrogen (secondary N) is 1. The Hall–Kier alpha value is -1.06. The molecule has 2 rings (SSSR count). The highest BCUT2D eigenvalue weighted by Gasteiger charge is 2.11. The van der Waals surface area contributed by atoms with Gasteiger partial charge < -0.3 is 10.1 Å². The summed E-state index contributed by atoms with van der Waals surface area (Å²) in [5.41, 5.74) is 2.60. The molecule has 0 unspecified atom stereocenters. The van der Waals surface area contributed by atoms with E-state index in [2.05, 4.69) is 35.3 Å². The van der Waals surface area contributed by atoms with Crippen molar-refractivity contribution >= 4 is 0 Å².